The van der Waals surface area contributed by atoms with Crippen LogP contribution in [0, 0.1) is 0 Å². The number of esters is 1. The third-order valence-electron chi connectivity index (χ3n) is 5.09. The summed E-state index contributed by atoms with van der Waals surface area (Å²) in [4.78, 5) is 40.8. The number of rotatable bonds is 6. The molecule has 1 heterocycles. The van der Waals surface area contributed by atoms with Crippen molar-refractivity contribution in [3.8, 4) is 11.5 Å². The third kappa shape index (κ3) is 6.65. The maximum absolute atomic E-state index is 13.3. The van der Waals surface area contributed by atoms with Gasteiger partial charge in [0.2, 0.25) is 0 Å². The normalized spacial score (nSPS) is 15.0. The zero-order valence-electron chi connectivity index (χ0n) is 22.7. The number of hydrogen-bond donors (Lipinski definition) is 0. The number of amides is 2. The number of benzene rings is 2. The van der Waals surface area contributed by atoms with Crippen LogP contribution in [0.2, 0.25) is 0 Å². The summed E-state index contributed by atoms with van der Waals surface area (Å²) in [5.74, 6) is -0.586. The summed E-state index contributed by atoms with van der Waals surface area (Å²) in [5, 5.41) is 0. The number of imide groups is 1. The molecule has 0 saturated heterocycles. The molecule has 0 radical (unpaired) electrons. The van der Waals surface area contributed by atoms with E-state index in [1.165, 1.54) is 0 Å². The highest BCUT2D eigenvalue weighted by Crippen LogP contribution is 2.35. The molecule has 2 amide bonds. The lowest BCUT2D eigenvalue weighted by Gasteiger charge is -2.30. The minimum atomic E-state index is -1.14. The average Bonchev–Trinajstić information content (AvgIpc) is 2.95. The fraction of sp³-hybridized carbons (Fsp3) is 0.483. The van der Waals surface area contributed by atoms with Crippen LogP contribution in [0.25, 0.3) is 0 Å². The number of carbonyl (C=O) groups excluding carboxylic acids is 3. The summed E-state index contributed by atoms with van der Waals surface area (Å²) >= 11 is 0. The summed E-state index contributed by atoms with van der Waals surface area (Å²) in [6.45, 7) is 16.9. The molecule has 0 fully saturated rings. The van der Waals surface area contributed by atoms with Gasteiger partial charge in [0.05, 0.1) is 11.1 Å². The first kappa shape index (κ1) is 27.2. The first-order valence-corrected chi connectivity index (χ1v) is 12.2. The second-order valence-electron chi connectivity index (χ2n) is 12.0. The second-order valence-corrected chi connectivity index (χ2v) is 12.0. The number of ether oxygens (including phenoxy) is 3. The van der Waals surface area contributed by atoms with E-state index in [2.05, 4.69) is 0 Å². The molecule has 0 bridgehead atoms. The first-order chi connectivity index (χ1) is 16.5. The maximum Gasteiger partial charge on any atom is 0.330 e. The minimum absolute atomic E-state index is 0.0662. The smallest absolute Gasteiger partial charge is 0.330 e. The van der Waals surface area contributed by atoms with Crippen LogP contribution in [0.5, 0.6) is 11.5 Å². The summed E-state index contributed by atoms with van der Waals surface area (Å²) < 4.78 is 17.9. The summed E-state index contributed by atoms with van der Waals surface area (Å²) in [6, 6.07) is 10.8. The molecule has 0 aliphatic carbocycles. The Morgan fingerprint density at radius 2 is 1.25 bits per heavy atom. The molecule has 2 aromatic rings. The second kappa shape index (κ2) is 9.60. The van der Waals surface area contributed by atoms with Crippen LogP contribution in [0.1, 0.15) is 88.6 Å². The Kier molecular flexibility index (Phi) is 7.26. The van der Waals surface area contributed by atoms with E-state index in [0.717, 1.165) is 4.90 Å². The van der Waals surface area contributed by atoms with Crippen LogP contribution in [0.4, 0.5) is 0 Å². The lowest BCUT2D eigenvalue weighted by Crippen LogP contribution is -2.48. The topological polar surface area (TPSA) is 82.1 Å². The van der Waals surface area contributed by atoms with Gasteiger partial charge in [-0.2, -0.15) is 0 Å². The van der Waals surface area contributed by atoms with E-state index in [-0.39, 0.29) is 17.5 Å². The lowest BCUT2D eigenvalue weighted by atomic mass is 10.0. The van der Waals surface area contributed by atoms with Crippen LogP contribution < -0.4 is 9.47 Å². The van der Waals surface area contributed by atoms with Crippen molar-refractivity contribution in [2.45, 2.75) is 91.6 Å². The van der Waals surface area contributed by atoms with Crippen LogP contribution in [0.3, 0.4) is 0 Å². The van der Waals surface area contributed by atoms with Crippen LogP contribution >= 0.6 is 0 Å². The summed E-state index contributed by atoms with van der Waals surface area (Å²) in [5.41, 5.74) is -0.483. The molecule has 0 unspecified atom stereocenters. The van der Waals surface area contributed by atoms with Gasteiger partial charge in [0.1, 0.15) is 22.8 Å². The SMILES string of the molecule is CC(C)(C)OC(=O)[C@H](Cc1ccc(OC(C)(C)C)c(OC(C)(C)C)c1)N1C(=O)c2ccccc2C1=O. The standard InChI is InChI=1S/C29H37NO6/c1-27(2,3)34-22-15-14-18(17-23(22)35-28(4,5)6)16-21(26(33)36-29(7,8)9)30-24(31)19-12-10-11-13-20(19)25(30)32/h10-15,17,21H,16H2,1-9H3/t21-/m0/s1. The van der Waals surface area contributed by atoms with E-state index in [1.54, 1.807) is 57.2 Å². The van der Waals surface area contributed by atoms with Gasteiger partial charge in [-0.1, -0.05) is 18.2 Å². The molecule has 0 saturated carbocycles. The lowest BCUT2D eigenvalue weighted by molar-refractivity contribution is -0.159. The van der Waals surface area contributed by atoms with Crippen molar-refractivity contribution < 1.29 is 28.6 Å². The summed E-state index contributed by atoms with van der Waals surface area (Å²) in [7, 11) is 0. The zero-order valence-corrected chi connectivity index (χ0v) is 22.7. The van der Waals surface area contributed by atoms with E-state index in [4.69, 9.17) is 14.2 Å². The van der Waals surface area contributed by atoms with Crippen molar-refractivity contribution >= 4 is 17.8 Å². The van der Waals surface area contributed by atoms with Gasteiger partial charge in [0.15, 0.2) is 11.5 Å². The van der Waals surface area contributed by atoms with Crippen molar-refractivity contribution in [3.05, 3.63) is 59.2 Å². The van der Waals surface area contributed by atoms with Crippen molar-refractivity contribution in [2.24, 2.45) is 0 Å². The highest BCUT2D eigenvalue weighted by molar-refractivity contribution is 6.22. The number of carbonyl (C=O) groups is 3. The fourth-order valence-electron chi connectivity index (χ4n) is 3.87. The third-order valence-corrected chi connectivity index (χ3v) is 5.09. The van der Waals surface area contributed by atoms with Crippen molar-refractivity contribution in [1.29, 1.82) is 0 Å². The van der Waals surface area contributed by atoms with Crippen molar-refractivity contribution in [3.63, 3.8) is 0 Å². The quantitative estimate of drug-likeness (QED) is 0.384. The van der Waals surface area contributed by atoms with Gasteiger partial charge < -0.3 is 14.2 Å². The van der Waals surface area contributed by atoms with Crippen LogP contribution in [-0.4, -0.2) is 45.5 Å². The van der Waals surface area contributed by atoms with Gasteiger partial charge in [0, 0.05) is 6.42 Å². The molecule has 194 valence electrons. The largest absolute Gasteiger partial charge is 0.484 e. The molecule has 0 N–H and O–H groups in total. The number of nitrogens with zero attached hydrogens (tertiary/aromatic N) is 1. The Morgan fingerprint density at radius 1 is 0.750 bits per heavy atom. The van der Waals surface area contributed by atoms with E-state index < -0.39 is 40.6 Å². The number of hydrogen-bond acceptors (Lipinski definition) is 6. The predicted octanol–water partition coefficient (Wildman–Crippen LogP) is 5.59. The first-order valence-electron chi connectivity index (χ1n) is 12.2. The Bertz CT molecular complexity index is 1130. The maximum atomic E-state index is 13.3. The van der Waals surface area contributed by atoms with Crippen molar-refractivity contribution in [1.82, 2.24) is 4.90 Å². The van der Waals surface area contributed by atoms with Gasteiger partial charge in [-0.15, -0.1) is 0 Å². The van der Waals surface area contributed by atoms with Gasteiger partial charge in [0.25, 0.3) is 11.8 Å². The van der Waals surface area contributed by atoms with E-state index in [0.29, 0.717) is 17.1 Å². The average molecular weight is 496 g/mol. The Labute approximate surface area is 213 Å². The molecule has 3 rings (SSSR count). The Balaban J connectivity index is 2.02. The number of fused-ring (bicyclic) bond motifs is 1. The van der Waals surface area contributed by atoms with Crippen LogP contribution in [-0.2, 0) is 16.0 Å². The molecule has 1 aliphatic rings. The molecule has 7 nitrogen and oxygen atoms in total. The molecule has 0 spiro atoms. The highest BCUT2D eigenvalue weighted by Gasteiger charge is 2.44. The fourth-order valence-corrected chi connectivity index (χ4v) is 3.87. The van der Waals surface area contributed by atoms with Gasteiger partial charge in [-0.05, 0) is 92.1 Å². The monoisotopic (exact) mass is 495 g/mol. The molecule has 36 heavy (non-hydrogen) atoms. The molecular weight excluding hydrogens is 458 g/mol. The van der Waals surface area contributed by atoms with Gasteiger partial charge >= 0.3 is 5.97 Å². The molecule has 0 aromatic heterocycles. The van der Waals surface area contributed by atoms with E-state index in [9.17, 15) is 14.4 Å². The van der Waals surface area contributed by atoms with Crippen molar-refractivity contribution in [2.75, 3.05) is 0 Å². The highest BCUT2D eigenvalue weighted by atomic mass is 16.6. The minimum Gasteiger partial charge on any atom is -0.484 e. The Morgan fingerprint density at radius 3 is 1.72 bits per heavy atom. The molecular formula is C29H37NO6. The Hall–Kier alpha value is -3.35. The summed E-state index contributed by atoms with van der Waals surface area (Å²) in [6.07, 6.45) is 0.0662. The van der Waals surface area contributed by atoms with Gasteiger partial charge in [-0.3, -0.25) is 14.5 Å². The van der Waals surface area contributed by atoms with E-state index in [1.807, 2.05) is 47.6 Å². The van der Waals surface area contributed by atoms with Gasteiger partial charge in [-0.25, -0.2) is 4.79 Å². The molecule has 7 heteroatoms. The molecule has 1 aliphatic heterocycles. The van der Waals surface area contributed by atoms with E-state index >= 15 is 0 Å². The zero-order chi connectivity index (χ0) is 27.1. The predicted molar refractivity (Wildman–Crippen MR) is 137 cm³/mol. The molecule has 1 atom stereocenters. The molecule has 2 aromatic carbocycles. The van der Waals surface area contributed by atoms with Crippen LogP contribution in [0.15, 0.2) is 42.5 Å².